The van der Waals surface area contributed by atoms with Crippen LogP contribution in [-0.4, -0.2) is 53.8 Å². The van der Waals surface area contributed by atoms with Crippen LogP contribution in [0.25, 0.3) is 0 Å². The fraction of sp³-hybridized carbons (Fsp3) is 0.769. The lowest BCUT2D eigenvalue weighted by Crippen LogP contribution is -2.25. The fourth-order valence-electron chi connectivity index (χ4n) is 2.35. The first-order valence-corrected chi connectivity index (χ1v) is 6.83. The summed E-state index contributed by atoms with van der Waals surface area (Å²) in [6.45, 7) is 6.88. The van der Waals surface area contributed by atoms with Crippen molar-refractivity contribution in [1.82, 2.24) is 14.5 Å². The van der Waals surface area contributed by atoms with Crippen LogP contribution in [0, 0.1) is 0 Å². The normalized spacial score (nSPS) is 20.4. The number of hydrogen-bond acceptors (Lipinski definition) is 4. The zero-order chi connectivity index (χ0) is 12.8. The van der Waals surface area contributed by atoms with E-state index >= 15 is 0 Å². The van der Waals surface area contributed by atoms with E-state index in [0.29, 0.717) is 6.04 Å². The Bertz CT molecular complexity index is 353. The van der Waals surface area contributed by atoms with E-state index < -0.39 is 0 Å². The number of hydrogen-bond donors (Lipinski definition) is 1. The first-order valence-electron chi connectivity index (χ1n) is 6.83. The average molecular weight is 252 g/mol. The van der Waals surface area contributed by atoms with Crippen molar-refractivity contribution in [3.8, 4) is 0 Å². The highest BCUT2D eigenvalue weighted by Crippen LogP contribution is 2.13. The zero-order valence-electron chi connectivity index (χ0n) is 11.4. The smallest absolute Gasteiger partial charge is 0.203 e. The highest BCUT2D eigenvalue weighted by molar-refractivity contribution is 5.28. The second kappa shape index (κ2) is 6.75. The lowest BCUT2D eigenvalue weighted by atomic mass is 10.3. The molecule has 0 saturated carbocycles. The Morgan fingerprint density at radius 1 is 1.56 bits per heavy atom. The summed E-state index contributed by atoms with van der Waals surface area (Å²) >= 11 is 0. The van der Waals surface area contributed by atoms with Crippen LogP contribution in [0.3, 0.4) is 0 Å². The predicted octanol–water partition coefficient (Wildman–Crippen LogP) is 1.43. The van der Waals surface area contributed by atoms with Gasteiger partial charge >= 0.3 is 0 Å². The fourth-order valence-corrected chi connectivity index (χ4v) is 2.35. The van der Waals surface area contributed by atoms with Gasteiger partial charge in [-0.2, -0.15) is 0 Å². The molecule has 1 N–H and O–H groups in total. The number of aryl methyl sites for hydroxylation is 1. The maximum absolute atomic E-state index is 5.36. The van der Waals surface area contributed by atoms with Gasteiger partial charge in [-0.05, 0) is 33.4 Å². The van der Waals surface area contributed by atoms with Gasteiger partial charge in [0.1, 0.15) is 0 Å². The van der Waals surface area contributed by atoms with E-state index in [2.05, 4.69) is 26.8 Å². The maximum Gasteiger partial charge on any atom is 0.203 e. The number of likely N-dealkylation sites (N-methyl/N-ethyl adjacent to an activating group) is 1. The Hall–Kier alpha value is -1.07. The van der Waals surface area contributed by atoms with Crippen LogP contribution in [0.5, 0.6) is 0 Å². The van der Waals surface area contributed by atoms with E-state index in [1.165, 1.54) is 13.0 Å². The van der Waals surface area contributed by atoms with Crippen LogP contribution in [0.1, 0.15) is 19.8 Å². The molecule has 1 atom stereocenters. The molecule has 0 aliphatic carbocycles. The molecule has 0 aromatic carbocycles. The van der Waals surface area contributed by atoms with Crippen molar-refractivity contribution in [2.45, 2.75) is 32.4 Å². The number of likely N-dealkylation sites (tertiary alicyclic amines) is 1. The summed E-state index contributed by atoms with van der Waals surface area (Å²) < 4.78 is 7.54. The topological polar surface area (TPSA) is 42.3 Å². The summed E-state index contributed by atoms with van der Waals surface area (Å²) in [5.74, 6) is 0.992. The van der Waals surface area contributed by atoms with Gasteiger partial charge in [-0.3, -0.25) is 0 Å². The van der Waals surface area contributed by atoms with Crippen LogP contribution in [-0.2, 0) is 11.3 Å². The van der Waals surface area contributed by atoms with E-state index in [0.717, 1.165) is 38.7 Å². The lowest BCUT2D eigenvalue weighted by Gasteiger charge is -2.15. The van der Waals surface area contributed by atoms with Crippen molar-refractivity contribution < 1.29 is 4.74 Å². The molecule has 0 bridgehead atoms. The summed E-state index contributed by atoms with van der Waals surface area (Å²) in [6, 6.07) is 0.531. The van der Waals surface area contributed by atoms with Crippen molar-refractivity contribution in [2.75, 3.05) is 38.7 Å². The van der Waals surface area contributed by atoms with Gasteiger partial charge in [-0.15, -0.1) is 0 Å². The third-order valence-corrected chi connectivity index (χ3v) is 3.33. The molecule has 1 aliphatic heterocycles. The first kappa shape index (κ1) is 13.4. The molecule has 1 aromatic rings. The summed E-state index contributed by atoms with van der Waals surface area (Å²) in [5, 5.41) is 3.53. The second-order valence-corrected chi connectivity index (χ2v) is 4.89. The summed E-state index contributed by atoms with van der Waals surface area (Å²) in [5.41, 5.74) is 0. The minimum Gasteiger partial charge on any atom is -0.382 e. The predicted molar refractivity (Wildman–Crippen MR) is 72.9 cm³/mol. The molecule has 2 heterocycles. The van der Waals surface area contributed by atoms with Gasteiger partial charge in [0.05, 0.1) is 0 Å². The van der Waals surface area contributed by atoms with E-state index in [4.69, 9.17) is 4.74 Å². The molecular weight excluding hydrogens is 228 g/mol. The van der Waals surface area contributed by atoms with Gasteiger partial charge in [-0.1, -0.05) is 0 Å². The number of aromatic nitrogens is 2. The number of nitrogens with zero attached hydrogens (tertiary/aromatic N) is 3. The van der Waals surface area contributed by atoms with Crippen LogP contribution < -0.4 is 5.32 Å². The summed E-state index contributed by atoms with van der Waals surface area (Å²) in [6.07, 6.45) is 6.13. The quantitative estimate of drug-likeness (QED) is 0.745. The van der Waals surface area contributed by atoms with Gasteiger partial charge < -0.3 is 19.5 Å². The number of imidazole rings is 1. The van der Waals surface area contributed by atoms with Gasteiger partial charge in [0.2, 0.25) is 5.95 Å². The maximum atomic E-state index is 5.36. The molecule has 1 saturated heterocycles. The van der Waals surface area contributed by atoms with Crippen molar-refractivity contribution in [1.29, 1.82) is 0 Å². The van der Waals surface area contributed by atoms with E-state index in [1.807, 2.05) is 19.3 Å². The summed E-state index contributed by atoms with van der Waals surface area (Å²) in [4.78, 5) is 6.74. The Labute approximate surface area is 109 Å². The van der Waals surface area contributed by atoms with Crippen molar-refractivity contribution in [2.24, 2.45) is 0 Å². The SMILES string of the molecule is CCOCCCn1ccnc1NC1CCN(C)C1. The Morgan fingerprint density at radius 3 is 3.17 bits per heavy atom. The molecular formula is C13H24N4O. The third-order valence-electron chi connectivity index (χ3n) is 3.33. The molecule has 1 fully saturated rings. The number of nitrogens with one attached hydrogen (secondary N) is 1. The third kappa shape index (κ3) is 3.71. The van der Waals surface area contributed by atoms with Gasteiger partial charge in [0, 0.05) is 44.7 Å². The molecule has 102 valence electrons. The van der Waals surface area contributed by atoms with Crippen molar-refractivity contribution >= 4 is 5.95 Å². The minimum absolute atomic E-state index is 0.531. The zero-order valence-corrected chi connectivity index (χ0v) is 11.4. The van der Waals surface area contributed by atoms with Crippen LogP contribution in [0.15, 0.2) is 12.4 Å². The number of anilines is 1. The molecule has 1 unspecified atom stereocenters. The molecule has 0 radical (unpaired) electrons. The standard InChI is InChI=1S/C13H24N4O/c1-3-18-10-4-7-17-9-6-14-13(17)15-12-5-8-16(2)11-12/h6,9,12H,3-5,7-8,10-11H2,1-2H3,(H,14,15). The molecule has 1 aliphatic rings. The lowest BCUT2D eigenvalue weighted by molar-refractivity contribution is 0.142. The molecule has 0 amide bonds. The van der Waals surface area contributed by atoms with Crippen molar-refractivity contribution in [3.05, 3.63) is 12.4 Å². The molecule has 0 spiro atoms. The molecule has 5 heteroatoms. The molecule has 5 nitrogen and oxygen atoms in total. The Balaban J connectivity index is 1.79. The van der Waals surface area contributed by atoms with Crippen LogP contribution >= 0.6 is 0 Å². The van der Waals surface area contributed by atoms with E-state index in [-0.39, 0.29) is 0 Å². The highest BCUT2D eigenvalue weighted by Gasteiger charge is 2.20. The molecule has 1 aromatic heterocycles. The van der Waals surface area contributed by atoms with Crippen LogP contribution in [0.4, 0.5) is 5.95 Å². The van der Waals surface area contributed by atoms with Gasteiger partial charge in [-0.25, -0.2) is 4.98 Å². The monoisotopic (exact) mass is 252 g/mol. The first-order chi connectivity index (χ1) is 8.79. The van der Waals surface area contributed by atoms with Gasteiger partial charge in [0.25, 0.3) is 0 Å². The van der Waals surface area contributed by atoms with E-state index in [1.54, 1.807) is 0 Å². The van der Waals surface area contributed by atoms with Crippen molar-refractivity contribution in [3.63, 3.8) is 0 Å². The minimum atomic E-state index is 0.531. The molecule has 2 rings (SSSR count). The molecule has 18 heavy (non-hydrogen) atoms. The Morgan fingerprint density at radius 2 is 2.44 bits per heavy atom. The summed E-state index contributed by atoms with van der Waals surface area (Å²) in [7, 11) is 2.16. The Kier molecular flexibility index (Phi) is 5.01. The van der Waals surface area contributed by atoms with E-state index in [9.17, 15) is 0 Å². The second-order valence-electron chi connectivity index (χ2n) is 4.89. The number of ether oxygens (including phenoxy) is 1. The van der Waals surface area contributed by atoms with Gasteiger partial charge in [0.15, 0.2) is 0 Å². The van der Waals surface area contributed by atoms with Crippen LogP contribution in [0.2, 0.25) is 0 Å². The largest absolute Gasteiger partial charge is 0.382 e. The number of rotatable bonds is 7. The average Bonchev–Trinajstić information content (AvgIpc) is 2.95. The highest BCUT2D eigenvalue weighted by atomic mass is 16.5.